The second-order valence-corrected chi connectivity index (χ2v) is 7.67. The third kappa shape index (κ3) is 7.53. The molecule has 0 atom stereocenters. The van der Waals surface area contributed by atoms with Crippen molar-refractivity contribution >= 4 is 17.7 Å². The molecule has 1 amide bonds. The second kappa shape index (κ2) is 11.3. The average Bonchev–Trinajstić information content (AvgIpc) is 2.67. The van der Waals surface area contributed by atoms with Crippen LogP contribution in [0.4, 0.5) is 4.79 Å². The first-order valence-electron chi connectivity index (χ1n) is 9.57. The Hall–Kier alpha value is -1.56. The van der Waals surface area contributed by atoms with Gasteiger partial charge in [0.15, 0.2) is 0 Å². The number of benzene rings is 1. The van der Waals surface area contributed by atoms with Crippen LogP contribution >= 0.6 is 11.6 Å². The molecule has 1 saturated carbocycles. The Morgan fingerprint density at radius 2 is 1.89 bits per heavy atom. The van der Waals surface area contributed by atoms with E-state index in [2.05, 4.69) is 18.5 Å². The van der Waals surface area contributed by atoms with E-state index in [0.29, 0.717) is 16.7 Å². The fourth-order valence-electron chi connectivity index (χ4n) is 3.31. The first-order valence-corrected chi connectivity index (χ1v) is 9.94. The number of halogens is 1. The number of amides is 1. The van der Waals surface area contributed by atoms with Gasteiger partial charge in [-0.1, -0.05) is 17.7 Å². The SMILES string of the molecule is C=CCN(C)CCOCC1CCC(N(C)C(=O)Oc2ccc(Cl)cc2)CC1. The molecule has 0 aromatic heterocycles. The van der Waals surface area contributed by atoms with Gasteiger partial charge in [-0.05, 0) is 62.9 Å². The lowest BCUT2D eigenvalue weighted by atomic mass is 9.86. The lowest BCUT2D eigenvalue weighted by Crippen LogP contribution is -2.41. The third-order valence-electron chi connectivity index (χ3n) is 5.08. The van der Waals surface area contributed by atoms with Crippen molar-refractivity contribution in [3.8, 4) is 5.75 Å². The molecule has 0 bridgehead atoms. The quantitative estimate of drug-likeness (QED) is 0.458. The molecule has 150 valence electrons. The first-order chi connectivity index (χ1) is 13.0. The summed E-state index contributed by atoms with van der Waals surface area (Å²) in [6, 6.07) is 7.05. The minimum atomic E-state index is -0.317. The normalized spacial score (nSPS) is 19.7. The molecule has 0 aliphatic heterocycles. The molecule has 1 aromatic carbocycles. The molecule has 1 aliphatic rings. The Morgan fingerprint density at radius 1 is 1.22 bits per heavy atom. The van der Waals surface area contributed by atoms with Crippen LogP contribution in [0.5, 0.6) is 5.75 Å². The summed E-state index contributed by atoms with van der Waals surface area (Å²) in [5.41, 5.74) is 0. The molecular formula is C21H31ClN2O3. The molecule has 5 nitrogen and oxygen atoms in total. The number of carbonyl (C=O) groups is 1. The Bertz CT molecular complexity index is 586. The average molecular weight is 395 g/mol. The Kier molecular flexibility index (Phi) is 9.11. The van der Waals surface area contributed by atoms with Gasteiger partial charge in [0.05, 0.1) is 6.61 Å². The molecule has 0 unspecified atom stereocenters. The Labute approximate surface area is 167 Å². The maximum Gasteiger partial charge on any atom is 0.415 e. The number of rotatable bonds is 9. The van der Waals surface area contributed by atoms with E-state index in [1.54, 1.807) is 29.2 Å². The lowest BCUT2D eigenvalue weighted by Gasteiger charge is -2.34. The molecule has 1 fully saturated rings. The van der Waals surface area contributed by atoms with E-state index in [9.17, 15) is 4.79 Å². The summed E-state index contributed by atoms with van der Waals surface area (Å²) >= 11 is 5.85. The summed E-state index contributed by atoms with van der Waals surface area (Å²) in [6.45, 7) is 7.08. The number of ether oxygens (including phenoxy) is 2. The van der Waals surface area contributed by atoms with Gasteiger partial charge in [-0.15, -0.1) is 6.58 Å². The summed E-state index contributed by atoms with van der Waals surface area (Å²) in [7, 11) is 3.88. The largest absolute Gasteiger partial charge is 0.415 e. The van der Waals surface area contributed by atoms with Gasteiger partial charge in [0.25, 0.3) is 0 Å². The predicted octanol–water partition coefficient (Wildman–Crippen LogP) is 4.46. The summed E-state index contributed by atoms with van der Waals surface area (Å²) in [5, 5.41) is 0.621. The highest BCUT2D eigenvalue weighted by atomic mass is 35.5. The van der Waals surface area contributed by atoms with Gasteiger partial charge >= 0.3 is 6.09 Å². The van der Waals surface area contributed by atoms with Crippen LogP contribution in [-0.2, 0) is 4.74 Å². The van der Waals surface area contributed by atoms with Crippen molar-refractivity contribution in [2.24, 2.45) is 5.92 Å². The molecule has 6 heteroatoms. The van der Waals surface area contributed by atoms with Gasteiger partial charge in [-0.3, -0.25) is 0 Å². The topological polar surface area (TPSA) is 42.0 Å². The standard InChI is InChI=1S/C21H31ClN2O3/c1-4-13-23(2)14-15-26-16-17-5-9-19(10-6-17)24(3)21(25)27-20-11-7-18(22)8-12-20/h4,7-8,11-12,17,19H,1,5-6,9-10,13-16H2,2-3H3. The molecule has 0 radical (unpaired) electrons. The molecule has 0 N–H and O–H groups in total. The van der Waals surface area contributed by atoms with Gasteiger partial charge in [0.1, 0.15) is 5.75 Å². The number of hydrogen-bond donors (Lipinski definition) is 0. The third-order valence-corrected chi connectivity index (χ3v) is 5.33. The van der Waals surface area contributed by atoms with Crippen molar-refractivity contribution < 1.29 is 14.3 Å². The Morgan fingerprint density at radius 3 is 2.52 bits per heavy atom. The van der Waals surface area contributed by atoms with E-state index in [-0.39, 0.29) is 12.1 Å². The van der Waals surface area contributed by atoms with Crippen LogP contribution in [0.15, 0.2) is 36.9 Å². The molecule has 2 rings (SSSR count). The van der Waals surface area contributed by atoms with Crippen molar-refractivity contribution in [2.45, 2.75) is 31.7 Å². The van der Waals surface area contributed by atoms with Crippen LogP contribution < -0.4 is 4.74 Å². The minimum Gasteiger partial charge on any atom is -0.410 e. The Balaban J connectivity index is 1.66. The molecule has 1 aliphatic carbocycles. The predicted molar refractivity (Wildman–Crippen MR) is 109 cm³/mol. The van der Waals surface area contributed by atoms with Gasteiger partial charge < -0.3 is 19.3 Å². The fourth-order valence-corrected chi connectivity index (χ4v) is 3.43. The van der Waals surface area contributed by atoms with E-state index >= 15 is 0 Å². The lowest BCUT2D eigenvalue weighted by molar-refractivity contribution is 0.0599. The first kappa shape index (κ1) is 21.7. The fraction of sp³-hybridized carbons (Fsp3) is 0.571. The second-order valence-electron chi connectivity index (χ2n) is 7.23. The van der Waals surface area contributed by atoms with Crippen LogP contribution in [0.2, 0.25) is 5.02 Å². The van der Waals surface area contributed by atoms with Crippen molar-refractivity contribution in [1.29, 1.82) is 0 Å². The molecule has 27 heavy (non-hydrogen) atoms. The van der Waals surface area contributed by atoms with Crippen LogP contribution in [0.25, 0.3) is 0 Å². The van der Waals surface area contributed by atoms with Gasteiger partial charge in [0.2, 0.25) is 0 Å². The van der Waals surface area contributed by atoms with Gasteiger partial charge in [0, 0.05) is 37.8 Å². The monoisotopic (exact) mass is 394 g/mol. The molecule has 0 spiro atoms. The molecular weight excluding hydrogens is 364 g/mol. The smallest absolute Gasteiger partial charge is 0.410 e. The van der Waals surface area contributed by atoms with E-state index in [1.165, 1.54) is 0 Å². The van der Waals surface area contributed by atoms with E-state index in [4.69, 9.17) is 21.1 Å². The van der Waals surface area contributed by atoms with Gasteiger partial charge in [-0.2, -0.15) is 0 Å². The highest BCUT2D eigenvalue weighted by Gasteiger charge is 2.27. The molecule has 0 heterocycles. The van der Waals surface area contributed by atoms with Crippen molar-refractivity contribution in [2.75, 3.05) is 40.4 Å². The summed E-state index contributed by atoms with van der Waals surface area (Å²) < 4.78 is 11.3. The van der Waals surface area contributed by atoms with Crippen LogP contribution in [0, 0.1) is 5.92 Å². The van der Waals surface area contributed by atoms with Crippen LogP contribution in [-0.4, -0.2) is 62.3 Å². The van der Waals surface area contributed by atoms with Crippen molar-refractivity contribution in [1.82, 2.24) is 9.80 Å². The maximum atomic E-state index is 12.3. The summed E-state index contributed by atoms with van der Waals surface area (Å²) in [6.07, 6.45) is 5.70. The maximum absolute atomic E-state index is 12.3. The molecule has 1 aromatic rings. The van der Waals surface area contributed by atoms with Crippen LogP contribution in [0.1, 0.15) is 25.7 Å². The van der Waals surface area contributed by atoms with Crippen LogP contribution in [0.3, 0.4) is 0 Å². The minimum absolute atomic E-state index is 0.222. The van der Waals surface area contributed by atoms with Crippen molar-refractivity contribution in [3.63, 3.8) is 0 Å². The highest BCUT2D eigenvalue weighted by molar-refractivity contribution is 6.30. The number of nitrogens with zero attached hydrogens (tertiary/aromatic N) is 2. The number of carbonyl (C=O) groups excluding carboxylic acids is 1. The molecule has 0 saturated heterocycles. The van der Waals surface area contributed by atoms with E-state index in [1.807, 2.05) is 13.1 Å². The summed E-state index contributed by atoms with van der Waals surface area (Å²) in [4.78, 5) is 16.2. The van der Waals surface area contributed by atoms with Gasteiger partial charge in [-0.25, -0.2) is 4.79 Å². The van der Waals surface area contributed by atoms with E-state index < -0.39 is 0 Å². The zero-order valence-electron chi connectivity index (χ0n) is 16.4. The highest BCUT2D eigenvalue weighted by Crippen LogP contribution is 2.28. The zero-order valence-corrected chi connectivity index (χ0v) is 17.2. The summed E-state index contributed by atoms with van der Waals surface area (Å²) in [5.74, 6) is 1.09. The number of hydrogen-bond acceptors (Lipinski definition) is 4. The number of likely N-dealkylation sites (N-methyl/N-ethyl adjacent to an activating group) is 1. The van der Waals surface area contributed by atoms with Crippen molar-refractivity contribution in [3.05, 3.63) is 41.9 Å². The zero-order chi connectivity index (χ0) is 19.6. The van der Waals surface area contributed by atoms with E-state index in [0.717, 1.165) is 52.0 Å².